The minimum atomic E-state index is -0.924. The summed E-state index contributed by atoms with van der Waals surface area (Å²) in [7, 11) is 3.75. The molecule has 2 bridgehead atoms. The highest BCUT2D eigenvalue weighted by atomic mass is 19.1. The summed E-state index contributed by atoms with van der Waals surface area (Å²) in [4.78, 5) is 1.92. The summed E-state index contributed by atoms with van der Waals surface area (Å²) in [5, 5.41) is 26.8. The summed E-state index contributed by atoms with van der Waals surface area (Å²) < 4.78 is 16.8. The number of nitrogens with zero attached hydrogens (tertiary/aromatic N) is 5. The van der Waals surface area contributed by atoms with Gasteiger partial charge in [0, 0.05) is 43.5 Å². The van der Waals surface area contributed by atoms with Gasteiger partial charge >= 0.3 is 0 Å². The van der Waals surface area contributed by atoms with Crippen molar-refractivity contribution in [1.82, 2.24) is 25.3 Å². The fourth-order valence-electron chi connectivity index (χ4n) is 4.88. The number of phenolic OH excluding ortho intramolecular Hbond substituents is 1. The third-order valence-corrected chi connectivity index (χ3v) is 6.62. The summed E-state index contributed by atoms with van der Waals surface area (Å²) in [6, 6.07) is 9.24. The topological polar surface area (TPSA) is 79.1 Å². The molecule has 0 amide bonds. The average molecular weight is 423 g/mol. The Morgan fingerprint density at radius 3 is 2.74 bits per heavy atom. The Hall–Kier alpha value is -3.00. The normalized spacial score (nSPS) is 25.4. The summed E-state index contributed by atoms with van der Waals surface area (Å²) >= 11 is 0. The second-order valence-electron chi connectivity index (χ2n) is 8.67. The van der Waals surface area contributed by atoms with Gasteiger partial charge in [-0.15, -0.1) is 10.2 Å². The summed E-state index contributed by atoms with van der Waals surface area (Å²) in [6.45, 7) is 0. The Balaban J connectivity index is 1.35. The van der Waals surface area contributed by atoms with Crippen LogP contribution in [0.15, 0.2) is 42.7 Å². The van der Waals surface area contributed by atoms with E-state index in [0.29, 0.717) is 23.1 Å². The van der Waals surface area contributed by atoms with Gasteiger partial charge in [0.15, 0.2) is 5.82 Å². The first-order valence-corrected chi connectivity index (χ1v) is 10.8. The monoisotopic (exact) mass is 422 g/mol. The highest BCUT2D eigenvalue weighted by molar-refractivity contribution is 5.73. The van der Waals surface area contributed by atoms with Gasteiger partial charge in [-0.3, -0.25) is 4.68 Å². The zero-order chi connectivity index (χ0) is 21.5. The standard InChI is InChI=1S/C23H27FN6O/c1-29-13-15(12-25-29)14-6-7-17(21(31)10-14)18-8-9-22(28-27-18)30(2)20-11-16-4-3-5-19(26-16)23(20)24/h6-10,12-13,16,19-20,23,26,31H,3-5,11H2,1-2H3/t16-,19+,20-,23+/m1/s1. The molecule has 4 atom stereocenters. The number of benzene rings is 1. The maximum Gasteiger partial charge on any atom is 0.151 e. The minimum absolute atomic E-state index is 0.0672. The number of halogens is 1. The van der Waals surface area contributed by atoms with Crippen molar-refractivity contribution in [3.63, 3.8) is 0 Å². The van der Waals surface area contributed by atoms with Crippen LogP contribution in [0.1, 0.15) is 25.7 Å². The van der Waals surface area contributed by atoms with E-state index in [2.05, 4.69) is 20.6 Å². The first kappa shape index (κ1) is 19.9. The van der Waals surface area contributed by atoms with Crippen LogP contribution in [0.3, 0.4) is 0 Å². The van der Waals surface area contributed by atoms with Crippen molar-refractivity contribution in [3.8, 4) is 28.1 Å². The molecule has 2 aliphatic heterocycles. The van der Waals surface area contributed by atoms with Crippen LogP contribution in [0.5, 0.6) is 5.75 Å². The lowest BCUT2D eigenvalue weighted by molar-refractivity contribution is 0.107. The highest BCUT2D eigenvalue weighted by Crippen LogP contribution is 2.34. The molecule has 4 heterocycles. The van der Waals surface area contributed by atoms with Crippen molar-refractivity contribution in [1.29, 1.82) is 0 Å². The molecule has 7 nitrogen and oxygen atoms in total. The number of piperidine rings is 2. The zero-order valence-corrected chi connectivity index (χ0v) is 17.7. The Morgan fingerprint density at radius 1 is 1.16 bits per heavy atom. The summed E-state index contributed by atoms with van der Waals surface area (Å²) in [6.07, 6.45) is 6.59. The van der Waals surface area contributed by atoms with Crippen molar-refractivity contribution in [2.75, 3.05) is 11.9 Å². The lowest BCUT2D eigenvalue weighted by Gasteiger charge is -2.46. The molecule has 5 rings (SSSR count). The second-order valence-corrected chi connectivity index (χ2v) is 8.67. The largest absolute Gasteiger partial charge is 0.507 e. The molecule has 162 valence electrons. The fraction of sp³-hybridized carbons (Fsp3) is 0.435. The molecule has 2 aliphatic rings. The van der Waals surface area contributed by atoms with Gasteiger partial charge in [-0.1, -0.05) is 12.5 Å². The van der Waals surface area contributed by atoms with Crippen LogP contribution in [-0.2, 0) is 7.05 Å². The Morgan fingerprint density at radius 2 is 2.03 bits per heavy atom. The fourth-order valence-corrected chi connectivity index (χ4v) is 4.88. The molecule has 0 aliphatic carbocycles. The van der Waals surface area contributed by atoms with Crippen molar-refractivity contribution in [2.45, 2.75) is 50.0 Å². The number of nitrogens with one attached hydrogen (secondary N) is 1. The van der Waals surface area contributed by atoms with Gasteiger partial charge in [0.05, 0.1) is 17.9 Å². The van der Waals surface area contributed by atoms with Crippen LogP contribution in [0, 0.1) is 0 Å². The molecule has 31 heavy (non-hydrogen) atoms. The van der Waals surface area contributed by atoms with Gasteiger partial charge < -0.3 is 15.3 Å². The third kappa shape index (κ3) is 3.76. The van der Waals surface area contributed by atoms with E-state index in [-0.39, 0.29) is 17.8 Å². The van der Waals surface area contributed by atoms with Crippen LogP contribution in [0.25, 0.3) is 22.4 Å². The maximum atomic E-state index is 15.0. The first-order valence-electron chi connectivity index (χ1n) is 10.8. The van der Waals surface area contributed by atoms with E-state index >= 15 is 4.39 Å². The highest BCUT2D eigenvalue weighted by Gasteiger charge is 2.41. The van der Waals surface area contributed by atoms with Gasteiger partial charge in [0.25, 0.3) is 0 Å². The molecule has 1 aromatic carbocycles. The molecule has 3 aromatic rings. The van der Waals surface area contributed by atoms with E-state index in [1.54, 1.807) is 16.9 Å². The molecule has 0 unspecified atom stereocenters. The van der Waals surface area contributed by atoms with E-state index in [0.717, 1.165) is 36.8 Å². The van der Waals surface area contributed by atoms with Gasteiger partial charge in [0.1, 0.15) is 11.9 Å². The summed E-state index contributed by atoms with van der Waals surface area (Å²) in [5.41, 5.74) is 2.99. The smallest absolute Gasteiger partial charge is 0.151 e. The van der Waals surface area contributed by atoms with Crippen LogP contribution >= 0.6 is 0 Å². The van der Waals surface area contributed by atoms with Crippen molar-refractivity contribution < 1.29 is 9.50 Å². The Labute approximate surface area is 180 Å². The molecule has 0 radical (unpaired) electrons. The van der Waals surface area contributed by atoms with Gasteiger partial charge in [-0.05, 0) is 49.1 Å². The van der Waals surface area contributed by atoms with Crippen LogP contribution < -0.4 is 10.2 Å². The number of rotatable bonds is 4. The molecular weight excluding hydrogens is 395 g/mol. The number of aromatic nitrogens is 4. The lowest BCUT2D eigenvalue weighted by Crippen LogP contribution is -2.61. The number of anilines is 1. The van der Waals surface area contributed by atoms with Gasteiger partial charge in [-0.2, -0.15) is 5.10 Å². The number of aryl methyl sites for hydroxylation is 1. The molecular formula is C23H27FN6O. The van der Waals surface area contributed by atoms with E-state index < -0.39 is 6.17 Å². The second kappa shape index (κ2) is 7.92. The average Bonchev–Trinajstić information content (AvgIpc) is 3.22. The van der Waals surface area contributed by atoms with Crippen molar-refractivity contribution in [2.24, 2.45) is 7.05 Å². The number of fused-ring (bicyclic) bond motifs is 2. The number of alkyl halides is 1. The SMILES string of the molecule is CN(c1ccc(-c2ccc(-c3cnn(C)c3)cc2O)nn1)[C@@H]1C[C@H]2CCC[C@H](N2)[C@@H]1F. The Kier molecular flexibility index (Phi) is 5.09. The van der Waals surface area contributed by atoms with Gasteiger partial charge in [-0.25, -0.2) is 4.39 Å². The van der Waals surface area contributed by atoms with Crippen molar-refractivity contribution in [3.05, 3.63) is 42.7 Å². The van der Waals surface area contributed by atoms with Crippen LogP contribution in [0.4, 0.5) is 10.2 Å². The van der Waals surface area contributed by atoms with Crippen LogP contribution in [-0.4, -0.2) is 56.4 Å². The molecule has 0 spiro atoms. The number of aromatic hydroxyl groups is 1. The molecule has 2 saturated heterocycles. The van der Waals surface area contributed by atoms with E-state index in [9.17, 15) is 5.11 Å². The zero-order valence-electron chi connectivity index (χ0n) is 17.7. The van der Waals surface area contributed by atoms with E-state index in [1.165, 1.54) is 0 Å². The molecule has 8 heteroatoms. The summed E-state index contributed by atoms with van der Waals surface area (Å²) in [5.74, 6) is 0.773. The molecule has 0 saturated carbocycles. The number of hydrogen-bond acceptors (Lipinski definition) is 6. The number of phenols is 1. The minimum Gasteiger partial charge on any atom is -0.507 e. The Bertz CT molecular complexity index is 1070. The predicted molar refractivity (Wildman–Crippen MR) is 118 cm³/mol. The maximum absolute atomic E-state index is 15.0. The third-order valence-electron chi connectivity index (χ3n) is 6.62. The quantitative estimate of drug-likeness (QED) is 0.672. The molecule has 2 aromatic heterocycles. The predicted octanol–water partition coefficient (Wildman–Crippen LogP) is 3.31. The molecule has 2 fully saturated rings. The first-order chi connectivity index (χ1) is 15.0. The molecule has 2 N–H and O–H groups in total. The lowest BCUT2D eigenvalue weighted by atomic mass is 9.82. The van der Waals surface area contributed by atoms with E-state index in [1.807, 2.05) is 49.5 Å². The van der Waals surface area contributed by atoms with Crippen molar-refractivity contribution >= 4 is 5.82 Å². The number of hydrogen-bond donors (Lipinski definition) is 2. The van der Waals surface area contributed by atoms with E-state index in [4.69, 9.17) is 0 Å². The van der Waals surface area contributed by atoms with Gasteiger partial charge in [0.2, 0.25) is 0 Å². The van der Waals surface area contributed by atoms with Crippen LogP contribution in [0.2, 0.25) is 0 Å².